The van der Waals surface area contributed by atoms with Crippen LogP contribution in [0.2, 0.25) is 0 Å². The predicted octanol–water partition coefficient (Wildman–Crippen LogP) is 6.34. The predicted molar refractivity (Wildman–Crippen MR) is 155 cm³/mol. The Kier molecular flexibility index (Phi) is 7.91. The van der Waals surface area contributed by atoms with Gasteiger partial charge in [0, 0.05) is 12.0 Å². The lowest BCUT2D eigenvalue weighted by molar-refractivity contribution is -0.130. The van der Waals surface area contributed by atoms with Crippen LogP contribution in [0.5, 0.6) is 5.75 Å². The summed E-state index contributed by atoms with van der Waals surface area (Å²) in [5.41, 5.74) is 2.20. The number of allylic oxidation sites excluding steroid dienone is 1. The first-order chi connectivity index (χ1) is 18.9. The Bertz CT molecular complexity index is 1020. The van der Waals surface area contributed by atoms with Crippen molar-refractivity contribution < 1.29 is 19.3 Å². The topological polar surface area (TPSA) is 51.2 Å². The summed E-state index contributed by atoms with van der Waals surface area (Å²) >= 11 is 0. The highest BCUT2D eigenvalue weighted by Gasteiger charge is 2.64. The molecular formula is C34H51NO4. The average molecular weight is 538 g/mol. The molecule has 1 aromatic carbocycles. The van der Waals surface area contributed by atoms with Gasteiger partial charge in [0.25, 0.3) is 0 Å². The minimum absolute atomic E-state index is 0.0699. The molecule has 0 amide bonds. The molecule has 0 spiro atoms. The third-order valence-electron chi connectivity index (χ3n) is 12.1. The first kappa shape index (κ1) is 27.8. The molecule has 5 heteroatoms. The van der Waals surface area contributed by atoms with Crippen molar-refractivity contribution in [2.45, 2.75) is 89.8 Å². The number of hydrogen-bond acceptors (Lipinski definition) is 5. The van der Waals surface area contributed by atoms with Gasteiger partial charge < -0.3 is 24.2 Å². The molecule has 1 N–H and O–H groups in total. The van der Waals surface area contributed by atoms with Gasteiger partial charge >= 0.3 is 0 Å². The van der Waals surface area contributed by atoms with E-state index >= 15 is 0 Å². The van der Waals surface area contributed by atoms with Crippen molar-refractivity contribution in [2.75, 3.05) is 46.6 Å². The first-order valence-electron chi connectivity index (χ1n) is 15.9. The van der Waals surface area contributed by atoms with Crippen molar-refractivity contribution in [2.24, 2.45) is 28.6 Å². The molecule has 4 aliphatic carbocycles. The maximum absolute atomic E-state index is 12.2. The molecule has 0 radical (unpaired) electrons. The third kappa shape index (κ3) is 4.90. The van der Waals surface area contributed by atoms with E-state index in [1.54, 1.807) is 12.7 Å². The van der Waals surface area contributed by atoms with Gasteiger partial charge in [0.2, 0.25) is 0 Å². The van der Waals surface area contributed by atoms with Crippen molar-refractivity contribution in [1.29, 1.82) is 0 Å². The van der Waals surface area contributed by atoms with Gasteiger partial charge in [-0.25, -0.2) is 0 Å². The van der Waals surface area contributed by atoms with E-state index in [2.05, 4.69) is 37.0 Å². The SMILES string of the molecule is COc1ccc([C@]2(O)CC[C@H]3[C@@H]4CC=C5C[C@@H](OCCOCCN6CCCC6)CC[C@]5(C)[C@H]4CC[C@@]32C)cc1. The number of nitrogens with zero attached hydrogens (tertiary/aromatic N) is 1. The Morgan fingerprint density at radius 3 is 2.46 bits per heavy atom. The van der Waals surface area contributed by atoms with Crippen LogP contribution in [0.4, 0.5) is 0 Å². The highest BCUT2D eigenvalue weighted by Crippen LogP contribution is 2.69. The zero-order chi connectivity index (χ0) is 27.1. The van der Waals surface area contributed by atoms with Crippen LogP contribution < -0.4 is 4.74 Å². The van der Waals surface area contributed by atoms with Crippen LogP contribution >= 0.6 is 0 Å². The van der Waals surface area contributed by atoms with Crippen molar-refractivity contribution in [3.8, 4) is 5.75 Å². The molecule has 1 heterocycles. The van der Waals surface area contributed by atoms with Crippen molar-refractivity contribution >= 4 is 0 Å². The number of methoxy groups -OCH3 is 1. The van der Waals surface area contributed by atoms with Crippen LogP contribution in [0.15, 0.2) is 35.9 Å². The second-order valence-electron chi connectivity index (χ2n) is 13.7. The minimum Gasteiger partial charge on any atom is -0.497 e. The van der Waals surface area contributed by atoms with Crippen LogP contribution in [0.1, 0.15) is 83.6 Å². The van der Waals surface area contributed by atoms with Gasteiger partial charge in [-0.2, -0.15) is 0 Å². The maximum atomic E-state index is 12.2. The molecule has 1 aromatic rings. The molecular weight excluding hydrogens is 486 g/mol. The summed E-state index contributed by atoms with van der Waals surface area (Å²) in [6, 6.07) is 8.21. The largest absolute Gasteiger partial charge is 0.497 e. The Balaban J connectivity index is 1.06. The zero-order valence-electron chi connectivity index (χ0n) is 24.6. The molecule has 4 fully saturated rings. The number of rotatable bonds is 9. The zero-order valence-corrected chi connectivity index (χ0v) is 24.6. The van der Waals surface area contributed by atoms with Crippen molar-refractivity contribution in [3.63, 3.8) is 0 Å². The van der Waals surface area contributed by atoms with Gasteiger partial charge in [-0.1, -0.05) is 37.6 Å². The van der Waals surface area contributed by atoms with E-state index in [9.17, 15) is 5.11 Å². The Hall–Kier alpha value is -1.40. The fourth-order valence-corrected chi connectivity index (χ4v) is 9.70. The molecule has 0 bridgehead atoms. The lowest BCUT2D eigenvalue weighted by Gasteiger charge is -2.59. The van der Waals surface area contributed by atoms with Crippen LogP contribution in [0.25, 0.3) is 0 Å². The van der Waals surface area contributed by atoms with Crippen molar-refractivity contribution in [3.05, 3.63) is 41.5 Å². The molecule has 5 aliphatic rings. The first-order valence-corrected chi connectivity index (χ1v) is 15.9. The standard InChI is InChI=1S/C34H51NO4/c1-32-15-12-28(39-23-22-38-21-20-35-18-4-5-19-35)24-26(32)8-11-29-30(32)13-16-33(2)31(29)14-17-34(33,36)25-6-9-27(37-3)10-7-25/h6-10,28-31,36H,4-5,11-24H2,1-3H3/t28-,29+,30-,31-,32-,33-,34+/m0/s1. The van der Waals surface area contributed by atoms with Gasteiger partial charge in [-0.3, -0.25) is 0 Å². The lowest BCUT2D eigenvalue weighted by Crippen LogP contribution is -2.53. The second kappa shape index (κ2) is 11.1. The van der Waals surface area contributed by atoms with Crippen LogP contribution in [-0.4, -0.2) is 62.7 Å². The fourth-order valence-electron chi connectivity index (χ4n) is 9.70. The number of likely N-dealkylation sites (tertiary alicyclic amines) is 1. The quantitative estimate of drug-likeness (QED) is 0.294. The summed E-state index contributed by atoms with van der Waals surface area (Å²) in [4.78, 5) is 2.50. The van der Waals surface area contributed by atoms with Gasteiger partial charge in [-0.05, 0) is 118 Å². The number of benzene rings is 1. The second-order valence-corrected chi connectivity index (χ2v) is 13.7. The summed E-state index contributed by atoms with van der Waals surface area (Å²) in [5, 5.41) is 12.2. The molecule has 216 valence electrons. The molecule has 1 aliphatic heterocycles. The Labute approximate surface area is 236 Å². The highest BCUT2D eigenvalue weighted by molar-refractivity contribution is 5.35. The minimum atomic E-state index is -0.748. The molecule has 1 saturated heterocycles. The summed E-state index contributed by atoms with van der Waals surface area (Å²) in [5.74, 6) is 2.83. The Morgan fingerprint density at radius 2 is 1.69 bits per heavy atom. The van der Waals surface area contributed by atoms with Gasteiger partial charge in [0.1, 0.15) is 5.75 Å². The van der Waals surface area contributed by atoms with E-state index in [0.29, 0.717) is 31.2 Å². The number of ether oxygens (including phenoxy) is 3. The van der Waals surface area contributed by atoms with Crippen LogP contribution in [-0.2, 0) is 15.1 Å². The van der Waals surface area contributed by atoms with Crippen molar-refractivity contribution in [1.82, 2.24) is 4.90 Å². The summed E-state index contributed by atoms with van der Waals surface area (Å²) in [6.07, 6.45) is 14.6. The summed E-state index contributed by atoms with van der Waals surface area (Å²) in [7, 11) is 1.70. The monoisotopic (exact) mass is 537 g/mol. The van der Waals surface area contributed by atoms with Gasteiger partial charge in [0.15, 0.2) is 0 Å². The van der Waals surface area contributed by atoms with Gasteiger partial charge in [0.05, 0.1) is 38.6 Å². The molecule has 7 atom stereocenters. The maximum Gasteiger partial charge on any atom is 0.118 e. The molecule has 6 rings (SSSR count). The van der Waals surface area contributed by atoms with Crippen LogP contribution in [0, 0.1) is 28.6 Å². The third-order valence-corrected chi connectivity index (χ3v) is 12.1. The molecule has 0 aromatic heterocycles. The van der Waals surface area contributed by atoms with Crippen LogP contribution in [0.3, 0.4) is 0 Å². The summed E-state index contributed by atoms with van der Waals surface area (Å²) in [6.45, 7) is 10.7. The summed E-state index contributed by atoms with van der Waals surface area (Å²) < 4.78 is 17.6. The smallest absolute Gasteiger partial charge is 0.118 e. The highest BCUT2D eigenvalue weighted by atomic mass is 16.5. The lowest BCUT2D eigenvalue weighted by atomic mass is 9.46. The normalized spacial score (nSPS) is 40.1. The molecule has 5 nitrogen and oxygen atoms in total. The number of fused-ring (bicyclic) bond motifs is 5. The van der Waals surface area contributed by atoms with E-state index < -0.39 is 5.60 Å². The molecule has 39 heavy (non-hydrogen) atoms. The average Bonchev–Trinajstić information content (AvgIpc) is 3.57. The Morgan fingerprint density at radius 1 is 0.923 bits per heavy atom. The van der Waals surface area contributed by atoms with E-state index in [0.717, 1.165) is 62.5 Å². The van der Waals surface area contributed by atoms with E-state index in [4.69, 9.17) is 14.2 Å². The molecule has 0 unspecified atom stereocenters. The van der Waals surface area contributed by atoms with E-state index in [1.807, 2.05) is 12.1 Å². The van der Waals surface area contributed by atoms with E-state index in [1.165, 1.54) is 45.2 Å². The van der Waals surface area contributed by atoms with Gasteiger partial charge in [-0.15, -0.1) is 0 Å². The van der Waals surface area contributed by atoms with E-state index in [-0.39, 0.29) is 10.8 Å². The molecule has 3 saturated carbocycles. The number of aliphatic hydroxyl groups is 1. The fraction of sp³-hybridized carbons (Fsp3) is 0.765. The number of hydrogen-bond donors (Lipinski definition) is 1.